The molecule has 2 aromatic carbocycles. The molecular formula is C19H21N3O3. The molecule has 1 atom stereocenters. The van der Waals surface area contributed by atoms with E-state index >= 15 is 0 Å². The number of urea groups is 1. The predicted octanol–water partition coefficient (Wildman–Crippen LogP) is 3.04. The van der Waals surface area contributed by atoms with E-state index in [1.54, 1.807) is 31.4 Å². The lowest BCUT2D eigenvalue weighted by atomic mass is 10.1. The normalized spacial score (nSPS) is 12.0. The van der Waals surface area contributed by atoms with Crippen LogP contribution in [0, 0.1) is 0 Å². The number of hydrogen-bond acceptors (Lipinski definition) is 3. The first kappa shape index (κ1) is 16.9. The van der Waals surface area contributed by atoms with Crippen molar-refractivity contribution < 1.29 is 14.6 Å². The molecule has 6 nitrogen and oxygen atoms in total. The number of hydrogen-bond donors (Lipinski definition) is 3. The smallest absolute Gasteiger partial charge is 0.319 e. The summed E-state index contributed by atoms with van der Waals surface area (Å²) in [7, 11) is 3.56. The van der Waals surface area contributed by atoms with E-state index in [1.165, 1.54) is 0 Å². The molecular weight excluding hydrogens is 318 g/mol. The highest BCUT2D eigenvalue weighted by molar-refractivity contribution is 5.89. The summed E-state index contributed by atoms with van der Waals surface area (Å²) in [6.07, 6.45) is 1.20. The third-order valence-corrected chi connectivity index (χ3v) is 4.10. The molecule has 0 aliphatic carbocycles. The summed E-state index contributed by atoms with van der Waals surface area (Å²) >= 11 is 0. The van der Waals surface area contributed by atoms with Crippen LogP contribution in [0.15, 0.2) is 54.7 Å². The minimum Gasteiger partial charge on any atom is -0.497 e. The van der Waals surface area contributed by atoms with Crippen molar-refractivity contribution in [1.29, 1.82) is 0 Å². The summed E-state index contributed by atoms with van der Waals surface area (Å²) in [5.74, 6) is 0.720. The van der Waals surface area contributed by atoms with Crippen molar-refractivity contribution in [3.05, 3.63) is 60.3 Å². The first-order valence-corrected chi connectivity index (χ1v) is 7.99. The van der Waals surface area contributed by atoms with Gasteiger partial charge in [-0.3, -0.25) is 0 Å². The van der Waals surface area contributed by atoms with Gasteiger partial charge in [0.1, 0.15) is 5.75 Å². The Balaban J connectivity index is 1.56. The van der Waals surface area contributed by atoms with E-state index in [0.717, 1.165) is 22.2 Å². The molecule has 0 saturated carbocycles. The van der Waals surface area contributed by atoms with E-state index < -0.39 is 6.10 Å². The van der Waals surface area contributed by atoms with Crippen LogP contribution in [0.1, 0.15) is 11.7 Å². The Hall–Kier alpha value is -2.99. The minimum absolute atomic E-state index is 0.125. The molecule has 3 N–H and O–H groups in total. The van der Waals surface area contributed by atoms with Crippen molar-refractivity contribution in [2.45, 2.75) is 6.10 Å². The van der Waals surface area contributed by atoms with Gasteiger partial charge < -0.3 is 25.0 Å². The van der Waals surface area contributed by atoms with Crippen LogP contribution in [-0.2, 0) is 7.05 Å². The third-order valence-electron chi connectivity index (χ3n) is 4.10. The predicted molar refractivity (Wildman–Crippen MR) is 97.9 cm³/mol. The van der Waals surface area contributed by atoms with Gasteiger partial charge in [-0.1, -0.05) is 6.07 Å². The van der Waals surface area contributed by atoms with Gasteiger partial charge in [-0.05, 0) is 53.4 Å². The Morgan fingerprint density at radius 3 is 2.68 bits per heavy atom. The molecule has 1 heterocycles. The van der Waals surface area contributed by atoms with Gasteiger partial charge in [0.25, 0.3) is 0 Å². The first-order valence-electron chi connectivity index (χ1n) is 7.99. The van der Waals surface area contributed by atoms with Gasteiger partial charge >= 0.3 is 6.03 Å². The number of aliphatic hydroxyl groups excluding tert-OH is 1. The van der Waals surface area contributed by atoms with E-state index in [1.807, 2.05) is 42.1 Å². The number of carbonyl (C=O) groups excluding carboxylic acids is 1. The average Bonchev–Trinajstić information content (AvgIpc) is 3.01. The first-order chi connectivity index (χ1) is 12.1. The fourth-order valence-electron chi connectivity index (χ4n) is 2.66. The van der Waals surface area contributed by atoms with E-state index in [-0.39, 0.29) is 12.6 Å². The quantitative estimate of drug-likeness (QED) is 0.669. The zero-order chi connectivity index (χ0) is 17.8. The molecule has 0 aliphatic heterocycles. The molecule has 0 fully saturated rings. The molecule has 1 aromatic heterocycles. The maximum Gasteiger partial charge on any atom is 0.319 e. The number of amides is 2. The molecule has 130 valence electrons. The summed E-state index contributed by atoms with van der Waals surface area (Å²) in [6.45, 7) is 0.125. The highest BCUT2D eigenvalue weighted by Gasteiger charge is 2.11. The number of aromatic nitrogens is 1. The maximum absolute atomic E-state index is 12.0. The fraction of sp³-hybridized carbons (Fsp3) is 0.211. The number of nitrogens with one attached hydrogen (secondary N) is 2. The van der Waals surface area contributed by atoms with E-state index in [0.29, 0.717) is 5.69 Å². The zero-order valence-electron chi connectivity index (χ0n) is 14.2. The van der Waals surface area contributed by atoms with Crippen molar-refractivity contribution >= 4 is 22.6 Å². The standard InChI is InChI=1S/C19H21N3O3/c1-22-10-9-13-11-14(3-8-17(13)22)18(23)12-20-19(24)21-15-4-6-16(25-2)7-5-15/h3-11,18,23H,12H2,1-2H3,(H2,20,21,24). The summed E-state index contributed by atoms with van der Waals surface area (Å²) in [5, 5.41) is 16.7. The second-order valence-electron chi connectivity index (χ2n) is 5.82. The van der Waals surface area contributed by atoms with Gasteiger partial charge in [0.2, 0.25) is 0 Å². The second kappa shape index (κ2) is 7.27. The number of carbonyl (C=O) groups is 1. The highest BCUT2D eigenvalue weighted by Crippen LogP contribution is 2.21. The van der Waals surface area contributed by atoms with E-state index in [9.17, 15) is 9.90 Å². The lowest BCUT2D eigenvalue weighted by Gasteiger charge is -2.13. The number of ether oxygens (including phenoxy) is 1. The molecule has 0 bridgehead atoms. The van der Waals surface area contributed by atoms with Crippen LogP contribution in [0.5, 0.6) is 5.75 Å². The summed E-state index contributed by atoms with van der Waals surface area (Å²) in [6, 6.07) is 14.4. The molecule has 25 heavy (non-hydrogen) atoms. The van der Waals surface area contributed by atoms with Crippen LogP contribution in [-0.4, -0.2) is 29.4 Å². The monoisotopic (exact) mass is 339 g/mol. The highest BCUT2D eigenvalue weighted by atomic mass is 16.5. The number of anilines is 1. The van der Waals surface area contributed by atoms with Crippen LogP contribution in [0.25, 0.3) is 10.9 Å². The van der Waals surface area contributed by atoms with Gasteiger partial charge in [-0.25, -0.2) is 4.79 Å². The van der Waals surface area contributed by atoms with Gasteiger partial charge in [0.15, 0.2) is 0 Å². The number of rotatable bonds is 5. The van der Waals surface area contributed by atoms with Crippen LogP contribution in [0.2, 0.25) is 0 Å². The van der Waals surface area contributed by atoms with Gasteiger partial charge in [-0.15, -0.1) is 0 Å². The molecule has 1 unspecified atom stereocenters. The number of benzene rings is 2. The molecule has 6 heteroatoms. The number of nitrogens with zero attached hydrogens (tertiary/aromatic N) is 1. The summed E-state index contributed by atoms with van der Waals surface area (Å²) in [5.41, 5.74) is 2.52. The maximum atomic E-state index is 12.0. The Kier molecular flexibility index (Phi) is 4.90. The Labute approximate surface area is 146 Å². The SMILES string of the molecule is COc1ccc(NC(=O)NCC(O)c2ccc3c(ccn3C)c2)cc1. The van der Waals surface area contributed by atoms with Crippen molar-refractivity contribution in [3.8, 4) is 5.75 Å². The van der Waals surface area contributed by atoms with Gasteiger partial charge in [-0.2, -0.15) is 0 Å². The molecule has 0 spiro atoms. The lowest BCUT2D eigenvalue weighted by Crippen LogP contribution is -2.32. The van der Waals surface area contributed by atoms with E-state index in [4.69, 9.17) is 4.74 Å². The van der Waals surface area contributed by atoms with Crippen LogP contribution in [0.3, 0.4) is 0 Å². The number of aryl methyl sites for hydroxylation is 1. The number of aliphatic hydroxyl groups is 1. The van der Waals surface area contributed by atoms with Crippen LogP contribution >= 0.6 is 0 Å². The topological polar surface area (TPSA) is 75.5 Å². The summed E-state index contributed by atoms with van der Waals surface area (Å²) in [4.78, 5) is 12.0. The van der Waals surface area contributed by atoms with Gasteiger partial charge in [0, 0.05) is 31.0 Å². The zero-order valence-corrected chi connectivity index (χ0v) is 14.2. The third kappa shape index (κ3) is 3.92. The molecule has 3 aromatic rings. The van der Waals surface area contributed by atoms with Crippen molar-refractivity contribution in [2.24, 2.45) is 7.05 Å². The number of fused-ring (bicyclic) bond motifs is 1. The Morgan fingerprint density at radius 2 is 1.96 bits per heavy atom. The van der Waals surface area contributed by atoms with Crippen LogP contribution < -0.4 is 15.4 Å². The van der Waals surface area contributed by atoms with Gasteiger partial charge in [0.05, 0.1) is 13.2 Å². The Bertz CT molecular complexity index is 871. The van der Waals surface area contributed by atoms with Crippen molar-refractivity contribution in [3.63, 3.8) is 0 Å². The lowest BCUT2D eigenvalue weighted by molar-refractivity contribution is 0.175. The van der Waals surface area contributed by atoms with Crippen LogP contribution in [0.4, 0.5) is 10.5 Å². The largest absolute Gasteiger partial charge is 0.497 e. The Morgan fingerprint density at radius 1 is 1.20 bits per heavy atom. The minimum atomic E-state index is -0.772. The van der Waals surface area contributed by atoms with E-state index in [2.05, 4.69) is 10.6 Å². The van der Waals surface area contributed by atoms with Crippen molar-refractivity contribution in [2.75, 3.05) is 19.0 Å². The molecule has 2 amide bonds. The molecule has 0 aliphatic rings. The molecule has 0 saturated heterocycles. The molecule has 0 radical (unpaired) electrons. The van der Waals surface area contributed by atoms with Crippen molar-refractivity contribution in [1.82, 2.24) is 9.88 Å². The number of methoxy groups -OCH3 is 1. The molecule has 3 rings (SSSR count). The average molecular weight is 339 g/mol. The fourth-order valence-corrected chi connectivity index (χ4v) is 2.66. The second-order valence-corrected chi connectivity index (χ2v) is 5.82. The summed E-state index contributed by atoms with van der Waals surface area (Å²) < 4.78 is 7.09.